The minimum absolute atomic E-state index is 0.131. The summed E-state index contributed by atoms with van der Waals surface area (Å²) in [7, 11) is -4.00. The number of fused-ring (bicyclic) bond motifs is 1. The predicted molar refractivity (Wildman–Crippen MR) is 201 cm³/mol. The standard InChI is InChI=1S/C40H74O3Si2/c1-29(19-17-25-38(9,10)41)34-23-24-35-31(20-18-26-39(34,35)11)21-22-32-27-33(42-44(13,14)36(3,4)5)28-40(12,30(32)2)43-45(15,16)37(6,7)8/h21-22,29,33-35,41H,2,17-20,23-28H2,1,3-16H3/t29-,33?,34?,35?,39+,40+/m0/s1. The Morgan fingerprint density at radius 2 is 1.56 bits per heavy atom. The Morgan fingerprint density at radius 3 is 2.11 bits per heavy atom. The lowest BCUT2D eigenvalue weighted by molar-refractivity contribution is 0.0336. The maximum atomic E-state index is 10.3. The van der Waals surface area contributed by atoms with Crippen molar-refractivity contribution >= 4 is 16.6 Å². The van der Waals surface area contributed by atoms with Crippen LogP contribution in [-0.4, -0.2) is 39.0 Å². The highest BCUT2D eigenvalue weighted by Gasteiger charge is 2.51. The quantitative estimate of drug-likeness (QED) is 0.237. The maximum absolute atomic E-state index is 10.3. The average molecular weight is 659 g/mol. The Bertz CT molecular complexity index is 1110. The van der Waals surface area contributed by atoms with E-state index >= 15 is 0 Å². The third kappa shape index (κ3) is 8.96. The van der Waals surface area contributed by atoms with Crippen LogP contribution in [0.5, 0.6) is 0 Å². The first-order valence-electron chi connectivity index (χ1n) is 18.4. The fraction of sp³-hybridized carbons (Fsp3) is 0.850. The number of allylic oxidation sites excluding steroid dienone is 3. The van der Waals surface area contributed by atoms with Crippen LogP contribution < -0.4 is 0 Å². The molecule has 3 aliphatic rings. The SMILES string of the molecule is C=C1C(=CC=C2CCC[C@@]3(C)C2CCC3[C@@H](C)CCCC(C)(C)O)CC(O[Si](C)(C)C(C)(C)C)C[C@@]1(C)O[Si](C)(C)C(C)(C)C. The Labute approximate surface area is 282 Å². The van der Waals surface area contributed by atoms with Crippen molar-refractivity contribution in [1.29, 1.82) is 0 Å². The first-order chi connectivity index (χ1) is 20.2. The normalized spacial score (nSPS) is 33.2. The van der Waals surface area contributed by atoms with E-state index < -0.39 is 27.8 Å². The van der Waals surface area contributed by atoms with Gasteiger partial charge in [0, 0.05) is 6.42 Å². The molecule has 3 aliphatic carbocycles. The van der Waals surface area contributed by atoms with Gasteiger partial charge in [-0.3, -0.25) is 0 Å². The van der Waals surface area contributed by atoms with Crippen molar-refractivity contribution in [2.45, 2.75) is 194 Å². The van der Waals surface area contributed by atoms with E-state index in [2.05, 4.69) is 101 Å². The smallest absolute Gasteiger partial charge is 0.193 e. The molecular formula is C40H74O3Si2. The van der Waals surface area contributed by atoms with Gasteiger partial charge in [0.05, 0.1) is 17.3 Å². The zero-order valence-electron chi connectivity index (χ0n) is 32.5. The molecule has 0 heterocycles. The minimum Gasteiger partial charge on any atom is -0.413 e. The van der Waals surface area contributed by atoms with E-state index in [9.17, 15) is 5.11 Å². The van der Waals surface area contributed by atoms with Crippen molar-refractivity contribution < 1.29 is 14.0 Å². The lowest BCUT2D eigenvalue weighted by atomic mass is 9.60. The highest BCUT2D eigenvalue weighted by atomic mass is 28.4. The molecule has 3 nitrogen and oxygen atoms in total. The lowest BCUT2D eigenvalue weighted by Crippen LogP contribution is -2.54. The predicted octanol–water partition coefficient (Wildman–Crippen LogP) is 12.2. The fourth-order valence-electron chi connectivity index (χ4n) is 8.48. The van der Waals surface area contributed by atoms with Crippen LogP contribution in [0.1, 0.15) is 140 Å². The highest BCUT2D eigenvalue weighted by Crippen LogP contribution is 2.60. The summed E-state index contributed by atoms with van der Waals surface area (Å²) in [5.41, 5.74) is 3.57. The second kappa shape index (κ2) is 13.4. The van der Waals surface area contributed by atoms with E-state index in [-0.39, 0.29) is 16.2 Å². The molecule has 45 heavy (non-hydrogen) atoms. The highest BCUT2D eigenvalue weighted by molar-refractivity contribution is 6.74. The molecule has 0 radical (unpaired) electrons. The number of hydrogen-bond acceptors (Lipinski definition) is 3. The molecule has 0 aliphatic heterocycles. The van der Waals surface area contributed by atoms with Crippen LogP contribution in [0, 0.1) is 23.2 Å². The van der Waals surface area contributed by atoms with Gasteiger partial charge in [0.25, 0.3) is 0 Å². The van der Waals surface area contributed by atoms with Crippen LogP contribution in [0.3, 0.4) is 0 Å². The molecule has 3 fully saturated rings. The number of aliphatic hydroxyl groups is 1. The Kier molecular flexibility index (Phi) is 11.6. The summed E-state index contributed by atoms with van der Waals surface area (Å²) >= 11 is 0. The largest absolute Gasteiger partial charge is 0.413 e. The minimum atomic E-state index is -2.04. The van der Waals surface area contributed by atoms with E-state index in [1.807, 2.05) is 13.8 Å². The van der Waals surface area contributed by atoms with E-state index in [1.54, 1.807) is 5.57 Å². The molecule has 0 aromatic heterocycles. The number of hydrogen-bond donors (Lipinski definition) is 1. The molecule has 260 valence electrons. The lowest BCUT2D eigenvalue weighted by Gasteiger charge is -2.50. The number of rotatable bonds is 10. The van der Waals surface area contributed by atoms with Crippen molar-refractivity contribution in [2.75, 3.05) is 0 Å². The zero-order chi connectivity index (χ0) is 34.4. The fourth-order valence-corrected chi connectivity index (χ4v) is 11.5. The van der Waals surface area contributed by atoms with Gasteiger partial charge in [0.2, 0.25) is 0 Å². The van der Waals surface area contributed by atoms with Crippen LogP contribution in [0.15, 0.2) is 35.5 Å². The van der Waals surface area contributed by atoms with E-state index in [4.69, 9.17) is 15.4 Å². The summed E-state index contributed by atoms with van der Waals surface area (Å²) in [6, 6.07) is 0. The van der Waals surface area contributed by atoms with Crippen LogP contribution >= 0.6 is 0 Å². The summed E-state index contributed by atoms with van der Waals surface area (Å²) in [5.74, 6) is 2.16. The molecular weight excluding hydrogens is 585 g/mol. The van der Waals surface area contributed by atoms with E-state index in [0.29, 0.717) is 17.3 Å². The average Bonchev–Trinajstić information content (AvgIpc) is 3.20. The molecule has 3 rings (SSSR count). The van der Waals surface area contributed by atoms with Gasteiger partial charge < -0.3 is 14.0 Å². The Hall–Kier alpha value is -0.466. The molecule has 0 aromatic carbocycles. The molecule has 0 saturated heterocycles. The van der Waals surface area contributed by atoms with Crippen molar-refractivity contribution in [3.05, 3.63) is 35.5 Å². The van der Waals surface area contributed by atoms with Crippen LogP contribution in [0.2, 0.25) is 36.3 Å². The third-order valence-electron chi connectivity index (χ3n) is 13.3. The van der Waals surface area contributed by atoms with Crippen LogP contribution in [0.25, 0.3) is 0 Å². The molecule has 0 bridgehead atoms. The Balaban J connectivity index is 1.91. The van der Waals surface area contributed by atoms with E-state index in [1.165, 1.54) is 49.7 Å². The summed E-state index contributed by atoms with van der Waals surface area (Å²) in [4.78, 5) is 0. The van der Waals surface area contributed by atoms with Gasteiger partial charge in [0.15, 0.2) is 16.6 Å². The van der Waals surface area contributed by atoms with Crippen molar-refractivity contribution in [2.24, 2.45) is 23.2 Å². The first kappa shape index (κ1) is 39.0. The summed E-state index contributed by atoms with van der Waals surface area (Å²) in [6.07, 6.45) is 16.7. The van der Waals surface area contributed by atoms with Gasteiger partial charge in [-0.1, -0.05) is 92.5 Å². The molecule has 6 atom stereocenters. The van der Waals surface area contributed by atoms with Crippen molar-refractivity contribution in [3.8, 4) is 0 Å². The van der Waals surface area contributed by atoms with Gasteiger partial charge >= 0.3 is 0 Å². The maximum Gasteiger partial charge on any atom is 0.193 e. The third-order valence-corrected chi connectivity index (χ3v) is 22.4. The van der Waals surface area contributed by atoms with Gasteiger partial charge in [-0.25, -0.2) is 0 Å². The molecule has 0 amide bonds. The van der Waals surface area contributed by atoms with Gasteiger partial charge in [-0.05, 0) is 136 Å². The molecule has 0 aromatic rings. The first-order valence-corrected chi connectivity index (χ1v) is 24.2. The summed E-state index contributed by atoms with van der Waals surface area (Å²) < 4.78 is 14.4. The molecule has 5 heteroatoms. The monoisotopic (exact) mass is 659 g/mol. The van der Waals surface area contributed by atoms with Gasteiger partial charge in [-0.15, -0.1) is 0 Å². The second-order valence-electron chi connectivity index (χ2n) is 19.7. The van der Waals surface area contributed by atoms with Gasteiger partial charge in [-0.2, -0.15) is 0 Å². The molecule has 0 spiro atoms. The van der Waals surface area contributed by atoms with Crippen molar-refractivity contribution in [3.63, 3.8) is 0 Å². The summed E-state index contributed by atoms with van der Waals surface area (Å²) in [6.45, 7) is 39.6. The summed E-state index contributed by atoms with van der Waals surface area (Å²) in [5, 5.41) is 10.6. The van der Waals surface area contributed by atoms with Crippen LogP contribution in [-0.2, 0) is 8.85 Å². The van der Waals surface area contributed by atoms with E-state index in [0.717, 1.165) is 31.6 Å². The van der Waals surface area contributed by atoms with Crippen LogP contribution in [0.4, 0.5) is 0 Å². The molecule has 3 saturated carbocycles. The van der Waals surface area contributed by atoms with Gasteiger partial charge in [0.1, 0.15) is 0 Å². The second-order valence-corrected chi connectivity index (χ2v) is 29.2. The molecule has 3 unspecified atom stereocenters. The topological polar surface area (TPSA) is 38.7 Å². The zero-order valence-corrected chi connectivity index (χ0v) is 34.5. The Morgan fingerprint density at radius 1 is 0.956 bits per heavy atom. The van der Waals surface area contributed by atoms with Crippen molar-refractivity contribution in [1.82, 2.24) is 0 Å². The molecule has 1 N–H and O–H groups in total.